The number of nitrogens with two attached hydrogens (primary N) is 1. The Hall–Kier alpha value is -1.43. The fourth-order valence-corrected chi connectivity index (χ4v) is 4.76. The summed E-state index contributed by atoms with van der Waals surface area (Å²) in [6.45, 7) is 3.93. The molecule has 0 saturated carbocycles. The Labute approximate surface area is 147 Å². The van der Waals surface area contributed by atoms with Crippen LogP contribution in [0.1, 0.15) is 43.7 Å². The molecule has 128 valence electrons. The molecule has 0 bridgehead atoms. The number of aromatic nitrogens is 1. The van der Waals surface area contributed by atoms with Crippen molar-refractivity contribution in [3.05, 3.63) is 34.7 Å². The maximum absolute atomic E-state index is 10.6. The summed E-state index contributed by atoms with van der Waals surface area (Å²) in [6, 6.07) is 6.74. The second-order valence-electron chi connectivity index (χ2n) is 7.34. The van der Waals surface area contributed by atoms with Gasteiger partial charge in [-0.2, -0.15) is 0 Å². The molecule has 1 saturated heterocycles. The third kappa shape index (κ3) is 2.96. The predicted octanol–water partition coefficient (Wildman–Crippen LogP) is 3.28. The average molecular weight is 343 g/mol. The summed E-state index contributed by atoms with van der Waals surface area (Å²) in [7, 11) is 0. The van der Waals surface area contributed by atoms with Crippen LogP contribution >= 0.6 is 11.3 Å². The minimum atomic E-state index is -0.689. The Bertz CT molecular complexity index is 732. The number of benzene rings is 1. The molecule has 4 nitrogen and oxygen atoms in total. The smallest absolute Gasteiger partial charge is 0.185 e. The van der Waals surface area contributed by atoms with E-state index < -0.39 is 5.60 Å². The molecule has 24 heavy (non-hydrogen) atoms. The van der Waals surface area contributed by atoms with Gasteiger partial charge in [-0.25, -0.2) is 4.98 Å². The molecule has 5 heteroatoms. The molecule has 1 aliphatic heterocycles. The molecule has 2 heterocycles. The number of hydrogen-bond donors (Lipinski definition) is 2. The van der Waals surface area contributed by atoms with Crippen molar-refractivity contribution in [3.63, 3.8) is 0 Å². The topological polar surface area (TPSA) is 62.4 Å². The summed E-state index contributed by atoms with van der Waals surface area (Å²) < 4.78 is 0. The SMILES string of the molecule is CC1(O)CCCc2cc(-c3csc(N4CCC(N)CC4)n3)ccc21. The van der Waals surface area contributed by atoms with Gasteiger partial charge >= 0.3 is 0 Å². The minimum Gasteiger partial charge on any atom is -0.385 e. The van der Waals surface area contributed by atoms with Crippen LogP contribution in [0.3, 0.4) is 0 Å². The van der Waals surface area contributed by atoms with E-state index in [0.717, 1.165) is 67.1 Å². The Kier molecular flexibility index (Phi) is 4.11. The molecule has 1 aromatic carbocycles. The van der Waals surface area contributed by atoms with Gasteiger partial charge in [0, 0.05) is 30.1 Å². The summed E-state index contributed by atoms with van der Waals surface area (Å²) >= 11 is 1.71. The van der Waals surface area contributed by atoms with E-state index in [4.69, 9.17) is 10.7 Å². The monoisotopic (exact) mass is 343 g/mol. The Morgan fingerprint density at radius 2 is 2.12 bits per heavy atom. The lowest BCUT2D eigenvalue weighted by molar-refractivity contribution is 0.0387. The summed E-state index contributed by atoms with van der Waals surface area (Å²) in [5.41, 5.74) is 9.85. The maximum Gasteiger partial charge on any atom is 0.185 e. The molecule has 1 atom stereocenters. The lowest BCUT2D eigenvalue weighted by Crippen LogP contribution is -2.39. The van der Waals surface area contributed by atoms with Gasteiger partial charge in [-0.1, -0.05) is 12.1 Å². The molecule has 0 radical (unpaired) electrons. The normalized spacial score (nSPS) is 24.9. The predicted molar refractivity (Wildman–Crippen MR) is 99.5 cm³/mol. The van der Waals surface area contributed by atoms with Gasteiger partial charge in [0.15, 0.2) is 5.13 Å². The maximum atomic E-state index is 10.6. The van der Waals surface area contributed by atoms with Crippen LogP contribution in [0.5, 0.6) is 0 Å². The standard InChI is InChI=1S/C19H25N3OS/c1-19(23)8-2-3-13-11-14(4-5-16(13)19)17-12-24-18(21-17)22-9-6-15(20)7-10-22/h4-5,11-12,15,23H,2-3,6-10,20H2,1H3. The first-order valence-corrected chi connectivity index (χ1v) is 9.73. The van der Waals surface area contributed by atoms with E-state index in [9.17, 15) is 5.11 Å². The van der Waals surface area contributed by atoms with Crippen LogP contribution in [-0.2, 0) is 12.0 Å². The molecule has 4 rings (SSSR count). The van der Waals surface area contributed by atoms with E-state index in [2.05, 4.69) is 28.5 Å². The fraction of sp³-hybridized carbons (Fsp3) is 0.526. The van der Waals surface area contributed by atoms with Gasteiger partial charge in [0.05, 0.1) is 11.3 Å². The number of hydrogen-bond acceptors (Lipinski definition) is 5. The number of piperidine rings is 1. The number of anilines is 1. The van der Waals surface area contributed by atoms with Crippen LogP contribution in [0.15, 0.2) is 23.6 Å². The van der Waals surface area contributed by atoms with Gasteiger partial charge in [-0.15, -0.1) is 11.3 Å². The van der Waals surface area contributed by atoms with E-state index in [0.29, 0.717) is 6.04 Å². The largest absolute Gasteiger partial charge is 0.385 e. The summed E-state index contributed by atoms with van der Waals surface area (Å²) in [6.07, 6.45) is 5.02. The molecule has 1 aromatic heterocycles. The second-order valence-corrected chi connectivity index (χ2v) is 8.18. The number of aryl methyl sites for hydroxylation is 1. The molecule has 0 spiro atoms. The second kappa shape index (κ2) is 6.14. The number of thiazole rings is 1. The van der Waals surface area contributed by atoms with Crippen molar-refractivity contribution >= 4 is 16.5 Å². The van der Waals surface area contributed by atoms with Crippen LogP contribution in [0.4, 0.5) is 5.13 Å². The van der Waals surface area contributed by atoms with Crippen molar-refractivity contribution in [2.24, 2.45) is 5.73 Å². The number of aliphatic hydroxyl groups is 1. The van der Waals surface area contributed by atoms with Crippen molar-refractivity contribution in [1.29, 1.82) is 0 Å². The van der Waals surface area contributed by atoms with Crippen LogP contribution in [0.2, 0.25) is 0 Å². The van der Waals surface area contributed by atoms with Gasteiger partial charge in [-0.3, -0.25) is 0 Å². The van der Waals surface area contributed by atoms with Crippen LogP contribution in [0.25, 0.3) is 11.3 Å². The zero-order valence-electron chi connectivity index (χ0n) is 14.2. The van der Waals surface area contributed by atoms with Crippen molar-refractivity contribution in [2.75, 3.05) is 18.0 Å². The van der Waals surface area contributed by atoms with Gasteiger partial charge in [0.1, 0.15) is 0 Å². The van der Waals surface area contributed by atoms with Crippen molar-refractivity contribution < 1.29 is 5.11 Å². The average Bonchev–Trinajstić information content (AvgIpc) is 3.05. The fourth-order valence-electron chi connectivity index (χ4n) is 3.88. The Morgan fingerprint density at radius 1 is 1.33 bits per heavy atom. The molecular weight excluding hydrogens is 318 g/mol. The van der Waals surface area contributed by atoms with Crippen molar-refractivity contribution in [2.45, 2.75) is 50.7 Å². The van der Waals surface area contributed by atoms with E-state index in [1.165, 1.54) is 5.56 Å². The molecule has 1 aliphatic carbocycles. The first-order chi connectivity index (χ1) is 11.5. The summed E-state index contributed by atoms with van der Waals surface area (Å²) in [5.74, 6) is 0. The molecule has 1 unspecified atom stereocenters. The molecule has 3 N–H and O–H groups in total. The first kappa shape index (κ1) is 16.1. The zero-order chi connectivity index (χ0) is 16.7. The van der Waals surface area contributed by atoms with Crippen LogP contribution in [-0.4, -0.2) is 29.2 Å². The number of nitrogens with zero attached hydrogens (tertiary/aromatic N) is 2. The minimum absolute atomic E-state index is 0.342. The van der Waals surface area contributed by atoms with E-state index >= 15 is 0 Å². The molecular formula is C19H25N3OS. The van der Waals surface area contributed by atoms with Gasteiger partial charge in [-0.05, 0) is 56.2 Å². The van der Waals surface area contributed by atoms with Gasteiger partial charge in [0.2, 0.25) is 0 Å². The lowest BCUT2D eigenvalue weighted by Gasteiger charge is -2.31. The molecule has 1 fully saturated rings. The highest BCUT2D eigenvalue weighted by molar-refractivity contribution is 7.14. The Balaban J connectivity index is 1.59. The van der Waals surface area contributed by atoms with Crippen LogP contribution < -0.4 is 10.6 Å². The van der Waals surface area contributed by atoms with E-state index in [-0.39, 0.29) is 0 Å². The third-order valence-corrected chi connectivity index (χ3v) is 6.29. The van der Waals surface area contributed by atoms with Crippen molar-refractivity contribution in [3.8, 4) is 11.3 Å². The molecule has 0 amide bonds. The molecule has 2 aliphatic rings. The molecule has 2 aromatic rings. The van der Waals surface area contributed by atoms with E-state index in [1.54, 1.807) is 11.3 Å². The van der Waals surface area contributed by atoms with E-state index in [1.807, 2.05) is 6.92 Å². The lowest BCUT2D eigenvalue weighted by atomic mass is 9.80. The highest BCUT2D eigenvalue weighted by Gasteiger charge is 2.29. The summed E-state index contributed by atoms with van der Waals surface area (Å²) in [4.78, 5) is 7.20. The van der Waals surface area contributed by atoms with Gasteiger partial charge in [0.25, 0.3) is 0 Å². The Morgan fingerprint density at radius 3 is 2.92 bits per heavy atom. The van der Waals surface area contributed by atoms with Crippen LogP contribution in [0, 0.1) is 0 Å². The first-order valence-electron chi connectivity index (χ1n) is 8.85. The highest BCUT2D eigenvalue weighted by Crippen LogP contribution is 2.37. The summed E-state index contributed by atoms with van der Waals surface area (Å²) in [5, 5.41) is 13.8. The zero-order valence-corrected chi connectivity index (χ0v) is 15.0. The quantitative estimate of drug-likeness (QED) is 0.878. The van der Waals surface area contributed by atoms with Gasteiger partial charge < -0.3 is 15.7 Å². The third-order valence-electron chi connectivity index (χ3n) is 5.39. The number of fused-ring (bicyclic) bond motifs is 1. The van der Waals surface area contributed by atoms with Crippen molar-refractivity contribution in [1.82, 2.24) is 4.98 Å². The number of rotatable bonds is 2. The highest BCUT2D eigenvalue weighted by atomic mass is 32.1.